The zero-order chi connectivity index (χ0) is 13.8. The zero-order valence-corrected chi connectivity index (χ0v) is 13.2. The van der Waals surface area contributed by atoms with Crippen molar-refractivity contribution in [3.63, 3.8) is 0 Å². The number of sulfonamides is 1. The summed E-state index contributed by atoms with van der Waals surface area (Å²) in [4.78, 5) is 1.02. The molecule has 0 amide bonds. The van der Waals surface area contributed by atoms with Crippen LogP contribution in [0.4, 0.5) is 0 Å². The van der Waals surface area contributed by atoms with Crippen LogP contribution in [-0.4, -0.2) is 14.5 Å². The Morgan fingerprint density at radius 2 is 1.89 bits per heavy atom. The van der Waals surface area contributed by atoms with Crippen LogP contribution in [0.3, 0.4) is 0 Å². The molecule has 0 saturated heterocycles. The van der Waals surface area contributed by atoms with E-state index in [1.165, 1.54) is 11.3 Å². The molecule has 0 saturated carbocycles. The van der Waals surface area contributed by atoms with Gasteiger partial charge in [0.1, 0.15) is 4.21 Å². The van der Waals surface area contributed by atoms with E-state index in [2.05, 4.69) is 18.6 Å². The van der Waals surface area contributed by atoms with Crippen molar-refractivity contribution in [2.24, 2.45) is 5.92 Å². The van der Waals surface area contributed by atoms with E-state index in [9.17, 15) is 8.42 Å². The van der Waals surface area contributed by atoms with Crippen LogP contribution >= 0.6 is 11.3 Å². The van der Waals surface area contributed by atoms with Crippen LogP contribution < -0.4 is 4.72 Å². The van der Waals surface area contributed by atoms with Gasteiger partial charge in [-0.25, -0.2) is 13.1 Å². The largest absolute Gasteiger partial charge is 0.250 e. The average Bonchev–Trinajstić information content (AvgIpc) is 2.64. The van der Waals surface area contributed by atoms with Crippen molar-refractivity contribution < 1.29 is 8.42 Å². The molecule has 0 bridgehead atoms. The van der Waals surface area contributed by atoms with Crippen LogP contribution in [0.1, 0.15) is 44.9 Å². The summed E-state index contributed by atoms with van der Waals surface area (Å²) in [5.74, 6) is 0.675. The quantitative estimate of drug-likeness (QED) is 0.834. The van der Waals surface area contributed by atoms with Gasteiger partial charge < -0.3 is 0 Å². The van der Waals surface area contributed by atoms with E-state index >= 15 is 0 Å². The molecule has 1 aromatic heterocycles. The maximum absolute atomic E-state index is 12.1. The average molecular weight is 289 g/mol. The normalized spacial score (nSPS) is 14.1. The van der Waals surface area contributed by atoms with Gasteiger partial charge in [-0.2, -0.15) is 0 Å². The summed E-state index contributed by atoms with van der Waals surface area (Å²) in [6.07, 6.45) is 3.09. The van der Waals surface area contributed by atoms with Crippen molar-refractivity contribution in [2.75, 3.05) is 0 Å². The number of hydrogen-bond donors (Lipinski definition) is 1. The van der Waals surface area contributed by atoms with Crippen molar-refractivity contribution in [1.82, 2.24) is 4.72 Å². The van der Waals surface area contributed by atoms with E-state index in [1.807, 2.05) is 19.9 Å². The molecule has 0 aliphatic carbocycles. The Morgan fingerprint density at radius 1 is 1.22 bits per heavy atom. The lowest BCUT2D eigenvalue weighted by atomic mass is 10.0. The molecule has 1 N–H and O–H groups in total. The van der Waals surface area contributed by atoms with Gasteiger partial charge in [-0.3, -0.25) is 0 Å². The van der Waals surface area contributed by atoms with Gasteiger partial charge >= 0.3 is 0 Å². The molecular weight excluding hydrogens is 266 g/mol. The Morgan fingerprint density at radius 3 is 2.39 bits per heavy atom. The first kappa shape index (κ1) is 15.7. The Hall–Kier alpha value is -0.390. The molecule has 0 aliphatic rings. The van der Waals surface area contributed by atoms with Crippen molar-refractivity contribution in [3.05, 3.63) is 17.0 Å². The second-order valence-corrected chi connectivity index (χ2v) is 8.44. The zero-order valence-electron chi connectivity index (χ0n) is 11.6. The first-order valence-corrected chi connectivity index (χ1v) is 8.70. The maximum atomic E-state index is 12.1. The Labute approximate surface area is 115 Å². The van der Waals surface area contributed by atoms with Crippen LogP contribution in [0.2, 0.25) is 0 Å². The molecule has 0 fully saturated rings. The van der Waals surface area contributed by atoms with Gasteiger partial charge in [-0.05, 0) is 38.3 Å². The Balaban J connectivity index is 2.50. The molecule has 0 spiro atoms. The van der Waals surface area contributed by atoms with E-state index in [-0.39, 0.29) is 6.04 Å². The van der Waals surface area contributed by atoms with Gasteiger partial charge in [0, 0.05) is 10.9 Å². The first-order valence-electron chi connectivity index (χ1n) is 6.40. The summed E-state index contributed by atoms with van der Waals surface area (Å²) in [7, 11) is -3.32. The van der Waals surface area contributed by atoms with Crippen LogP contribution in [0.25, 0.3) is 0 Å². The third-order valence-electron chi connectivity index (χ3n) is 2.76. The van der Waals surface area contributed by atoms with Crippen LogP contribution in [0.5, 0.6) is 0 Å². The van der Waals surface area contributed by atoms with E-state index in [1.54, 1.807) is 6.07 Å². The van der Waals surface area contributed by atoms with E-state index < -0.39 is 10.0 Å². The van der Waals surface area contributed by atoms with Gasteiger partial charge in [0.05, 0.1) is 0 Å². The third-order valence-corrected chi connectivity index (χ3v) is 5.84. The molecule has 18 heavy (non-hydrogen) atoms. The van der Waals surface area contributed by atoms with Crippen molar-refractivity contribution in [2.45, 2.75) is 57.2 Å². The summed E-state index contributed by atoms with van der Waals surface area (Å²) in [6.45, 7) is 8.21. The molecular formula is C13H23NO2S2. The summed E-state index contributed by atoms with van der Waals surface area (Å²) in [5, 5.41) is 0. The molecule has 104 valence electrons. The minimum atomic E-state index is -3.32. The fourth-order valence-electron chi connectivity index (χ4n) is 1.77. The molecule has 1 unspecified atom stereocenters. The number of thiophene rings is 1. The number of aryl methyl sites for hydroxylation is 1. The second-order valence-electron chi connectivity index (χ2n) is 5.21. The van der Waals surface area contributed by atoms with E-state index in [0.717, 1.165) is 24.1 Å². The highest BCUT2D eigenvalue weighted by atomic mass is 32.2. The summed E-state index contributed by atoms with van der Waals surface area (Å²) in [6, 6.07) is 3.50. The standard InChI is InChI=1S/C13H23NO2S2/c1-10(2)6-5-7-11(3)14-18(15,16)13-9-8-12(4)17-13/h8-11,14H,5-7H2,1-4H3. The highest BCUT2D eigenvalue weighted by Crippen LogP contribution is 2.21. The van der Waals surface area contributed by atoms with Gasteiger partial charge in [-0.1, -0.05) is 26.7 Å². The molecule has 1 rings (SSSR count). The third kappa shape index (κ3) is 5.08. The Bertz CT molecular complexity index is 463. The van der Waals surface area contributed by atoms with Crippen molar-refractivity contribution >= 4 is 21.4 Å². The second kappa shape index (κ2) is 6.68. The van der Waals surface area contributed by atoms with E-state index in [0.29, 0.717) is 10.1 Å². The molecule has 0 aliphatic heterocycles. The first-order chi connectivity index (χ1) is 8.31. The summed E-state index contributed by atoms with van der Waals surface area (Å²) in [5.41, 5.74) is 0. The molecule has 0 aromatic carbocycles. The fourth-order valence-corrected chi connectivity index (χ4v) is 4.35. The van der Waals surface area contributed by atoms with Gasteiger partial charge in [0.15, 0.2) is 0 Å². The van der Waals surface area contributed by atoms with Gasteiger partial charge in [0.2, 0.25) is 10.0 Å². The van der Waals surface area contributed by atoms with Crippen molar-refractivity contribution in [1.29, 1.82) is 0 Å². The highest BCUT2D eigenvalue weighted by Gasteiger charge is 2.18. The number of hydrogen-bond acceptors (Lipinski definition) is 3. The smallest absolute Gasteiger partial charge is 0.208 e. The SMILES string of the molecule is Cc1ccc(S(=O)(=O)NC(C)CCCC(C)C)s1. The predicted molar refractivity (Wildman–Crippen MR) is 77.5 cm³/mol. The molecule has 0 radical (unpaired) electrons. The lowest BCUT2D eigenvalue weighted by Crippen LogP contribution is -2.32. The minimum Gasteiger partial charge on any atom is -0.208 e. The van der Waals surface area contributed by atoms with Crippen LogP contribution in [0.15, 0.2) is 16.3 Å². The molecule has 1 aromatic rings. The van der Waals surface area contributed by atoms with Crippen molar-refractivity contribution in [3.8, 4) is 0 Å². The summed E-state index contributed by atoms with van der Waals surface area (Å²) < 4.78 is 27.3. The molecule has 1 atom stereocenters. The van der Waals surface area contributed by atoms with Gasteiger partial charge in [0.25, 0.3) is 0 Å². The predicted octanol–water partition coefficient (Wildman–Crippen LogP) is 3.55. The monoisotopic (exact) mass is 289 g/mol. The minimum absolute atomic E-state index is 0.00356. The lowest BCUT2D eigenvalue weighted by molar-refractivity contribution is 0.489. The fraction of sp³-hybridized carbons (Fsp3) is 0.692. The number of rotatable bonds is 7. The topological polar surface area (TPSA) is 46.2 Å². The maximum Gasteiger partial charge on any atom is 0.250 e. The molecule has 5 heteroatoms. The van der Waals surface area contributed by atoms with E-state index in [4.69, 9.17) is 0 Å². The van der Waals surface area contributed by atoms with Crippen LogP contribution in [0, 0.1) is 12.8 Å². The summed E-state index contributed by atoms with van der Waals surface area (Å²) >= 11 is 1.31. The molecule has 3 nitrogen and oxygen atoms in total. The lowest BCUT2D eigenvalue weighted by Gasteiger charge is -2.13. The van der Waals surface area contributed by atoms with Gasteiger partial charge in [-0.15, -0.1) is 11.3 Å². The number of nitrogens with one attached hydrogen (secondary N) is 1. The molecule has 1 heterocycles. The van der Waals surface area contributed by atoms with Crippen LogP contribution in [-0.2, 0) is 10.0 Å². The Kier molecular flexibility index (Phi) is 5.82. The highest BCUT2D eigenvalue weighted by molar-refractivity contribution is 7.91.